The molecular formula is C2H7Cl2NO. The van der Waals surface area contributed by atoms with Crippen LogP contribution in [-0.2, 0) is 0 Å². The maximum Gasteiger partial charge on any atom is 0.0967 e. The summed E-state index contributed by atoms with van der Waals surface area (Å²) in [6, 6.07) is 0. The topological polar surface area (TPSA) is 46.2 Å². The Morgan fingerprint density at radius 2 is 1.50 bits per heavy atom. The highest BCUT2D eigenvalue weighted by atomic mass is 35.5. The number of aliphatic hydroxyl groups excluding tert-OH is 1. The van der Waals surface area contributed by atoms with Crippen molar-refractivity contribution in [2.75, 3.05) is 12.1 Å². The molecule has 0 atom stereocenters. The van der Waals surface area contributed by atoms with Crippen LogP contribution in [0.3, 0.4) is 0 Å². The molecule has 0 rings (SSSR count). The fourth-order valence-corrected chi connectivity index (χ4v) is 0. The van der Waals surface area contributed by atoms with Crippen LogP contribution in [0.2, 0.25) is 0 Å². The molecule has 0 saturated heterocycles. The summed E-state index contributed by atoms with van der Waals surface area (Å²) in [6.45, 7) is -0.250. The van der Waals surface area contributed by atoms with Gasteiger partial charge in [-0.2, -0.15) is 0 Å². The fraction of sp³-hybridized carbons (Fsp3) is 1.00. The first kappa shape index (κ1) is 9.71. The minimum atomic E-state index is -0.250. The van der Waals surface area contributed by atoms with Gasteiger partial charge in [0.05, 0.1) is 12.1 Å². The van der Waals surface area contributed by atoms with E-state index in [0.717, 1.165) is 0 Å². The Bertz CT molecular complexity index is 13.5. The molecule has 0 aromatic heterocycles. The zero-order chi connectivity index (χ0) is 5.41. The number of alkyl halides is 2. The van der Waals surface area contributed by atoms with Crippen LogP contribution >= 0.6 is 23.2 Å². The van der Waals surface area contributed by atoms with E-state index in [0.29, 0.717) is 0 Å². The highest BCUT2D eigenvalue weighted by Gasteiger charge is 1.41. The first-order chi connectivity index (χ1) is 2.83. The lowest BCUT2D eigenvalue weighted by molar-refractivity contribution is 0.307. The van der Waals surface area contributed by atoms with Gasteiger partial charge in [-0.05, 0) is 0 Å². The average molecular weight is 132 g/mol. The molecule has 0 heterocycles. The Balaban J connectivity index is 0. The molecule has 0 aromatic rings. The van der Waals surface area contributed by atoms with Crippen LogP contribution < -0.4 is 5.73 Å². The second-order valence-electron chi connectivity index (χ2n) is 0.284. The highest BCUT2D eigenvalue weighted by molar-refractivity contribution is 6.40. The molecule has 2 nitrogen and oxygen atoms in total. The largest absolute Gasteiger partial charge is 0.382 e. The maximum absolute atomic E-state index is 7.35. The van der Waals surface area contributed by atoms with Gasteiger partial charge in [0, 0.05) is 0 Å². The third kappa shape index (κ3) is 221. The van der Waals surface area contributed by atoms with Crippen molar-refractivity contribution in [2.45, 2.75) is 0 Å². The summed E-state index contributed by atoms with van der Waals surface area (Å²) in [4.78, 5) is 0. The molecular weight excluding hydrogens is 125 g/mol. The van der Waals surface area contributed by atoms with Crippen LogP contribution in [0.1, 0.15) is 0 Å². The summed E-state index contributed by atoms with van der Waals surface area (Å²) in [5.41, 5.74) is 4.40. The first-order valence-electron chi connectivity index (χ1n) is 1.26. The van der Waals surface area contributed by atoms with Crippen LogP contribution in [0.4, 0.5) is 0 Å². The molecule has 0 aliphatic rings. The standard InChI is InChI=1S/CH2Cl2.CH5NO/c2*2-1-3/h1H2;3H,1-2H2. The Labute approximate surface area is 46.9 Å². The number of rotatable bonds is 0. The lowest BCUT2D eigenvalue weighted by Crippen LogP contribution is -1.92. The van der Waals surface area contributed by atoms with E-state index in [1.807, 2.05) is 0 Å². The molecule has 0 spiro atoms. The third-order valence-electron chi connectivity index (χ3n) is 0. The number of aliphatic hydroxyl groups is 1. The van der Waals surface area contributed by atoms with Crippen LogP contribution in [0.15, 0.2) is 0 Å². The summed E-state index contributed by atoms with van der Waals surface area (Å²) in [5, 5.41) is 7.54. The van der Waals surface area contributed by atoms with E-state index in [2.05, 4.69) is 5.73 Å². The normalized spacial score (nSPS) is 6.00. The second kappa shape index (κ2) is 17.8. The average Bonchev–Trinajstić information content (AvgIpc) is 1.39. The lowest BCUT2D eigenvalue weighted by Gasteiger charge is -1.56. The van der Waals surface area contributed by atoms with Gasteiger partial charge in [-0.1, -0.05) is 0 Å². The van der Waals surface area contributed by atoms with E-state index < -0.39 is 0 Å². The van der Waals surface area contributed by atoms with Crippen LogP contribution in [0.25, 0.3) is 0 Å². The molecule has 0 radical (unpaired) electrons. The first-order valence-corrected chi connectivity index (χ1v) is 2.33. The van der Waals surface area contributed by atoms with Gasteiger partial charge in [0.25, 0.3) is 0 Å². The SMILES string of the molecule is ClCCl.NCO. The van der Waals surface area contributed by atoms with E-state index in [1.165, 1.54) is 0 Å². The summed E-state index contributed by atoms with van der Waals surface area (Å²) in [7, 11) is 0. The van der Waals surface area contributed by atoms with Crippen LogP contribution in [-0.4, -0.2) is 17.2 Å². The van der Waals surface area contributed by atoms with Gasteiger partial charge in [0.15, 0.2) is 0 Å². The number of nitrogens with two attached hydrogens (primary N) is 1. The van der Waals surface area contributed by atoms with Gasteiger partial charge in [-0.15, -0.1) is 23.2 Å². The number of halogens is 2. The van der Waals surface area contributed by atoms with Gasteiger partial charge in [0.1, 0.15) is 0 Å². The monoisotopic (exact) mass is 131 g/mol. The molecule has 0 saturated carbocycles. The van der Waals surface area contributed by atoms with E-state index in [-0.39, 0.29) is 12.1 Å². The van der Waals surface area contributed by atoms with Crippen molar-refractivity contribution in [1.82, 2.24) is 0 Å². The Hall–Kier alpha value is 0.500. The second-order valence-corrected chi connectivity index (χ2v) is 1.09. The van der Waals surface area contributed by atoms with Gasteiger partial charge in [-0.3, -0.25) is 0 Å². The maximum atomic E-state index is 7.35. The third-order valence-corrected chi connectivity index (χ3v) is 0. The van der Waals surface area contributed by atoms with Crippen molar-refractivity contribution in [2.24, 2.45) is 5.73 Å². The molecule has 0 aromatic carbocycles. The van der Waals surface area contributed by atoms with E-state index in [9.17, 15) is 0 Å². The Kier molecular flexibility index (Phi) is 28.8. The molecule has 0 fully saturated rings. The van der Waals surface area contributed by atoms with E-state index >= 15 is 0 Å². The molecule has 0 bridgehead atoms. The van der Waals surface area contributed by atoms with Crippen molar-refractivity contribution in [3.05, 3.63) is 0 Å². The summed E-state index contributed by atoms with van der Waals surface area (Å²) in [5.74, 6) is 0. The summed E-state index contributed by atoms with van der Waals surface area (Å²) in [6.07, 6.45) is 0. The smallest absolute Gasteiger partial charge is 0.0967 e. The molecule has 0 unspecified atom stereocenters. The van der Waals surface area contributed by atoms with E-state index in [4.69, 9.17) is 28.3 Å². The van der Waals surface area contributed by atoms with Crippen LogP contribution in [0.5, 0.6) is 0 Å². The van der Waals surface area contributed by atoms with Crippen molar-refractivity contribution in [3.63, 3.8) is 0 Å². The van der Waals surface area contributed by atoms with Gasteiger partial charge in [0.2, 0.25) is 0 Å². The molecule has 40 valence electrons. The number of hydrogen-bond acceptors (Lipinski definition) is 2. The molecule has 4 heteroatoms. The van der Waals surface area contributed by atoms with E-state index in [1.54, 1.807) is 0 Å². The Morgan fingerprint density at radius 3 is 1.50 bits per heavy atom. The highest BCUT2D eigenvalue weighted by Crippen LogP contribution is 1.73. The minimum absolute atomic E-state index is 0.194. The van der Waals surface area contributed by atoms with Crippen LogP contribution in [0, 0.1) is 0 Å². The Morgan fingerprint density at radius 1 is 1.50 bits per heavy atom. The van der Waals surface area contributed by atoms with Crippen molar-refractivity contribution >= 4 is 23.2 Å². The minimum Gasteiger partial charge on any atom is -0.382 e. The zero-order valence-corrected chi connectivity index (χ0v) is 4.71. The summed E-state index contributed by atoms with van der Waals surface area (Å²) >= 11 is 9.53. The quantitative estimate of drug-likeness (QED) is 0.368. The molecule has 0 aliphatic carbocycles. The number of hydrogen-bond donors (Lipinski definition) is 2. The van der Waals surface area contributed by atoms with Crippen molar-refractivity contribution in [1.29, 1.82) is 0 Å². The molecule has 6 heavy (non-hydrogen) atoms. The molecule has 3 N–H and O–H groups in total. The zero-order valence-electron chi connectivity index (χ0n) is 3.19. The molecule has 0 amide bonds. The van der Waals surface area contributed by atoms with Gasteiger partial charge < -0.3 is 10.8 Å². The van der Waals surface area contributed by atoms with Gasteiger partial charge >= 0.3 is 0 Å². The van der Waals surface area contributed by atoms with Crippen molar-refractivity contribution < 1.29 is 5.11 Å². The lowest BCUT2D eigenvalue weighted by atomic mass is 11.4. The summed E-state index contributed by atoms with van der Waals surface area (Å²) < 4.78 is 0. The molecule has 0 aliphatic heterocycles. The predicted molar refractivity (Wildman–Crippen MR) is 27.8 cm³/mol. The van der Waals surface area contributed by atoms with Crippen molar-refractivity contribution in [3.8, 4) is 0 Å². The fourth-order valence-electron chi connectivity index (χ4n) is 0. The predicted octanol–water partition coefficient (Wildman–Crippen LogP) is 0.316. The van der Waals surface area contributed by atoms with Gasteiger partial charge in [-0.25, -0.2) is 0 Å².